The van der Waals surface area contributed by atoms with E-state index in [4.69, 9.17) is 4.74 Å². The number of hydrogen-bond acceptors (Lipinski definition) is 4. The highest BCUT2D eigenvalue weighted by atomic mass is 19.4. The molecule has 1 aromatic heterocycles. The molecule has 0 aliphatic carbocycles. The molecular formula is C23H19F4N3O2. The molecule has 1 saturated heterocycles. The molecule has 4 rings (SSSR count). The molecule has 5 nitrogen and oxygen atoms in total. The average Bonchev–Trinajstić information content (AvgIpc) is 2.79. The van der Waals surface area contributed by atoms with Crippen LogP contribution in [-0.4, -0.2) is 37.2 Å². The third-order valence-electron chi connectivity index (χ3n) is 5.10. The Morgan fingerprint density at radius 1 is 1.03 bits per heavy atom. The molecule has 1 aliphatic rings. The molecule has 2 aromatic carbocycles. The van der Waals surface area contributed by atoms with Crippen LogP contribution < -0.4 is 10.2 Å². The number of nitrogens with one attached hydrogen (secondary N) is 1. The second-order valence-electron chi connectivity index (χ2n) is 7.19. The van der Waals surface area contributed by atoms with Crippen LogP contribution in [-0.2, 0) is 10.9 Å². The molecule has 2 heterocycles. The zero-order chi connectivity index (χ0) is 22.7. The zero-order valence-electron chi connectivity index (χ0n) is 16.8. The van der Waals surface area contributed by atoms with E-state index < -0.39 is 29.2 Å². The van der Waals surface area contributed by atoms with Crippen LogP contribution in [0.15, 0.2) is 60.8 Å². The summed E-state index contributed by atoms with van der Waals surface area (Å²) in [4.78, 5) is 18.4. The number of aromatic nitrogens is 1. The van der Waals surface area contributed by atoms with Crippen molar-refractivity contribution in [2.24, 2.45) is 0 Å². The van der Waals surface area contributed by atoms with Gasteiger partial charge in [0, 0.05) is 41.8 Å². The molecule has 0 radical (unpaired) electrons. The summed E-state index contributed by atoms with van der Waals surface area (Å²) >= 11 is 0. The van der Waals surface area contributed by atoms with Crippen molar-refractivity contribution in [3.8, 4) is 11.3 Å². The van der Waals surface area contributed by atoms with Crippen molar-refractivity contribution in [3.63, 3.8) is 0 Å². The summed E-state index contributed by atoms with van der Waals surface area (Å²) < 4.78 is 59.7. The maximum Gasteiger partial charge on any atom is 0.418 e. The van der Waals surface area contributed by atoms with E-state index in [1.807, 2.05) is 12.1 Å². The summed E-state index contributed by atoms with van der Waals surface area (Å²) in [7, 11) is 0. The minimum Gasteiger partial charge on any atom is -0.378 e. The van der Waals surface area contributed by atoms with E-state index in [0.717, 1.165) is 49.2 Å². The monoisotopic (exact) mass is 445 g/mol. The predicted molar refractivity (Wildman–Crippen MR) is 112 cm³/mol. The summed E-state index contributed by atoms with van der Waals surface area (Å²) in [6.07, 6.45) is -3.52. The number of alkyl halides is 3. The van der Waals surface area contributed by atoms with Crippen LogP contribution in [0.5, 0.6) is 0 Å². The molecule has 32 heavy (non-hydrogen) atoms. The molecule has 1 fully saturated rings. The number of morpholine rings is 1. The third kappa shape index (κ3) is 4.72. The molecule has 1 aliphatic heterocycles. The van der Waals surface area contributed by atoms with Crippen molar-refractivity contribution < 1.29 is 27.1 Å². The van der Waals surface area contributed by atoms with Crippen molar-refractivity contribution in [2.75, 3.05) is 36.5 Å². The van der Waals surface area contributed by atoms with Crippen LogP contribution in [0.25, 0.3) is 11.3 Å². The topological polar surface area (TPSA) is 54.5 Å². The maximum atomic E-state index is 14.7. The standard InChI is InChI=1S/C23H19F4N3O2/c24-20-14-15(3-8-18(20)21-19(23(25,26)27)2-1-9-28-21)22(31)29-16-4-6-17(7-5-16)30-10-12-32-13-11-30/h1-9,14H,10-13H2,(H,29,31). The molecule has 0 spiro atoms. The van der Waals surface area contributed by atoms with Gasteiger partial charge in [0.2, 0.25) is 0 Å². The fourth-order valence-electron chi connectivity index (χ4n) is 3.48. The number of halogens is 4. The van der Waals surface area contributed by atoms with E-state index in [0.29, 0.717) is 18.9 Å². The molecule has 1 amide bonds. The van der Waals surface area contributed by atoms with Crippen molar-refractivity contribution in [2.45, 2.75) is 6.18 Å². The molecule has 0 bridgehead atoms. The number of rotatable bonds is 4. The first-order valence-corrected chi connectivity index (χ1v) is 9.89. The van der Waals surface area contributed by atoms with Gasteiger partial charge in [0.15, 0.2) is 0 Å². The average molecular weight is 445 g/mol. The Bertz CT molecular complexity index is 1110. The van der Waals surface area contributed by atoms with Crippen LogP contribution in [0, 0.1) is 5.82 Å². The van der Waals surface area contributed by atoms with Crippen molar-refractivity contribution in [1.29, 1.82) is 0 Å². The first-order valence-electron chi connectivity index (χ1n) is 9.89. The Morgan fingerprint density at radius 2 is 1.75 bits per heavy atom. The van der Waals surface area contributed by atoms with Crippen molar-refractivity contribution in [3.05, 3.63) is 77.7 Å². The fourth-order valence-corrected chi connectivity index (χ4v) is 3.48. The number of benzene rings is 2. The molecule has 9 heteroatoms. The zero-order valence-corrected chi connectivity index (χ0v) is 16.8. The highest BCUT2D eigenvalue weighted by molar-refractivity contribution is 6.04. The van der Waals surface area contributed by atoms with Gasteiger partial charge >= 0.3 is 6.18 Å². The van der Waals surface area contributed by atoms with Gasteiger partial charge in [0.25, 0.3) is 5.91 Å². The van der Waals surface area contributed by atoms with Gasteiger partial charge in [0.05, 0.1) is 24.5 Å². The van der Waals surface area contributed by atoms with Crippen LogP contribution in [0.2, 0.25) is 0 Å². The Labute approximate surface area is 181 Å². The number of carbonyl (C=O) groups excluding carboxylic acids is 1. The Balaban J connectivity index is 1.51. The SMILES string of the molecule is O=C(Nc1ccc(N2CCOCC2)cc1)c1ccc(-c2ncccc2C(F)(F)F)c(F)c1. The molecule has 0 saturated carbocycles. The molecular weight excluding hydrogens is 426 g/mol. The van der Waals surface area contributed by atoms with E-state index >= 15 is 0 Å². The number of anilines is 2. The fraction of sp³-hybridized carbons (Fsp3) is 0.217. The van der Waals surface area contributed by atoms with E-state index in [2.05, 4.69) is 15.2 Å². The second-order valence-corrected chi connectivity index (χ2v) is 7.19. The molecule has 0 unspecified atom stereocenters. The Morgan fingerprint density at radius 3 is 2.41 bits per heavy atom. The predicted octanol–water partition coefficient (Wildman–Crippen LogP) is 5.00. The lowest BCUT2D eigenvalue weighted by Gasteiger charge is -2.28. The van der Waals surface area contributed by atoms with Gasteiger partial charge in [-0.1, -0.05) is 0 Å². The quantitative estimate of drug-likeness (QED) is 0.575. The summed E-state index contributed by atoms with van der Waals surface area (Å²) in [5.74, 6) is -1.55. The van der Waals surface area contributed by atoms with Gasteiger partial charge < -0.3 is 15.0 Å². The second kappa shape index (κ2) is 8.96. The molecule has 1 N–H and O–H groups in total. The van der Waals surface area contributed by atoms with Gasteiger partial charge in [-0.25, -0.2) is 4.39 Å². The minimum atomic E-state index is -4.68. The van der Waals surface area contributed by atoms with Crippen molar-refractivity contribution in [1.82, 2.24) is 4.98 Å². The highest BCUT2D eigenvalue weighted by Gasteiger charge is 2.35. The largest absolute Gasteiger partial charge is 0.418 e. The number of ether oxygens (including phenoxy) is 1. The van der Waals surface area contributed by atoms with Gasteiger partial charge in [-0.3, -0.25) is 9.78 Å². The number of nitrogens with zero attached hydrogens (tertiary/aromatic N) is 2. The lowest BCUT2D eigenvalue weighted by Crippen LogP contribution is -2.36. The number of hydrogen-bond donors (Lipinski definition) is 1. The minimum absolute atomic E-state index is 0.0204. The van der Waals surface area contributed by atoms with Crippen LogP contribution in [0.4, 0.5) is 28.9 Å². The molecule has 3 aromatic rings. The first-order chi connectivity index (χ1) is 15.3. The highest BCUT2D eigenvalue weighted by Crippen LogP contribution is 2.36. The van der Waals surface area contributed by atoms with Crippen LogP contribution >= 0.6 is 0 Å². The third-order valence-corrected chi connectivity index (χ3v) is 5.10. The van der Waals surface area contributed by atoms with E-state index in [1.54, 1.807) is 12.1 Å². The number of pyridine rings is 1. The van der Waals surface area contributed by atoms with E-state index in [-0.39, 0.29) is 11.1 Å². The smallest absolute Gasteiger partial charge is 0.378 e. The maximum absolute atomic E-state index is 14.7. The van der Waals surface area contributed by atoms with Gasteiger partial charge in [0.1, 0.15) is 5.82 Å². The van der Waals surface area contributed by atoms with Gasteiger partial charge in [-0.2, -0.15) is 13.2 Å². The van der Waals surface area contributed by atoms with E-state index in [9.17, 15) is 22.4 Å². The van der Waals surface area contributed by atoms with Crippen LogP contribution in [0.1, 0.15) is 15.9 Å². The molecule has 0 atom stereocenters. The Kier molecular flexibility index (Phi) is 6.09. The van der Waals surface area contributed by atoms with Gasteiger partial charge in [-0.05, 0) is 54.6 Å². The normalized spacial score (nSPS) is 14.3. The summed E-state index contributed by atoms with van der Waals surface area (Å²) in [5, 5.41) is 2.67. The summed E-state index contributed by atoms with van der Waals surface area (Å²) in [6.45, 7) is 2.87. The number of amides is 1. The van der Waals surface area contributed by atoms with Gasteiger partial charge in [-0.15, -0.1) is 0 Å². The van der Waals surface area contributed by atoms with Crippen molar-refractivity contribution >= 4 is 17.3 Å². The Hall–Kier alpha value is -3.46. The lowest BCUT2D eigenvalue weighted by molar-refractivity contribution is -0.137. The van der Waals surface area contributed by atoms with Crippen LogP contribution in [0.3, 0.4) is 0 Å². The number of carbonyl (C=O) groups is 1. The first kappa shape index (κ1) is 21.8. The van der Waals surface area contributed by atoms with E-state index in [1.165, 1.54) is 6.07 Å². The summed E-state index contributed by atoms with van der Waals surface area (Å²) in [5.41, 5.74) is -0.407. The lowest BCUT2D eigenvalue weighted by atomic mass is 10.0. The summed E-state index contributed by atoms with van der Waals surface area (Å²) in [6, 6.07) is 12.5. The molecule has 166 valence electrons.